The predicted octanol–water partition coefficient (Wildman–Crippen LogP) is 11.2. The number of benzene rings is 7. The van der Waals surface area contributed by atoms with Gasteiger partial charge in [-0.15, -0.1) is 0 Å². The van der Waals surface area contributed by atoms with E-state index in [0.717, 1.165) is 38.9 Å². The second kappa shape index (κ2) is 26.5. The van der Waals surface area contributed by atoms with E-state index < -0.39 is 61.4 Å². The van der Waals surface area contributed by atoms with Crippen LogP contribution in [0.25, 0.3) is 0 Å². The SMILES string of the molecule is C[C@H]1O[C@H](O[C@H]2[C@H](OCc3ccccc3)[C@@H](OCc3ccccc3)[C@H](OCc3ccccc3)O[C@@H]2COCc2ccccc2)[C@H](OCc2ccccc2)[C@@H](OCc2ccccc2)[C@H]1OCc1ccccc1. The zero-order valence-electron chi connectivity index (χ0n) is 40.2. The minimum Gasteiger partial charge on any atom is -0.374 e. The molecule has 71 heavy (non-hydrogen) atoms. The Bertz CT molecular complexity index is 2530. The van der Waals surface area contributed by atoms with Crippen LogP contribution in [0, 0.1) is 0 Å². The summed E-state index contributed by atoms with van der Waals surface area (Å²) in [6, 6.07) is 70.6. The lowest BCUT2D eigenvalue weighted by Crippen LogP contribution is -2.65. The van der Waals surface area contributed by atoms with Crippen molar-refractivity contribution in [3.8, 4) is 0 Å². The second-order valence-electron chi connectivity index (χ2n) is 18.0. The maximum atomic E-state index is 7.46. The molecule has 0 saturated carbocycles. The van der Waals surface area contributed by atoms with Crippen molar-refractivity contribution in [1.82, 2.24) is 0 Å². The summed E-state index contributed by atoms with van der Waals surface area (Å²) in [6.07, 6.45) is -7.53. The van der Waals surface area contributed by atoms with Crippen molar-refractivity contribution < 1.29 is 47.4 Å². The van der Waals surface area contributed by atoms with Gasteiger partial charge in [-0.3, -0.25) is 0 Å². The molecular weight excluding hydrogens is 893 g/mol. The Balaban J connectivity index is 1.09. The largest absolute Gasteiger partial charge is 0.374 e. The first-order chi connectivity index (χ1) is 35.1. The number of hydrogen-bond donors (Lipinski definition) is 0. The van der Waals surface area contributed by atoms with E-state index in [1.165, 1.54) is 0 Å². The van der Waals surface area contributed by atoms with E-state index in [9.17, 15) is 0 Å². The first-order valence-corrected chi connectivity index (χ1v) is 24.6. The topological polar surface area (TPSA) is 92.3 Å². The highest BCUT2D eigenvalue weighted by Crippen LogP contribution is 2.37. The molecule has 2 saturated heterocycles. The van der Waals surface area contributed by atoms with Crippen LogP contribution in [0.2, 0.25) is 0 Å². The van der Waals surface area contributed by atoms with Gasteiger partial charge in [0, 0.05) is 0 Å². The first kappa shape index (κ1) is 50.1. The molecule has 368 valence electrons. The smallest absolute Gasteiger partial charge is 0.187 e. The quantitative estimate of drug-likeness (QED) is 0.0583. The van der Waals surface area contributed by atoms with Gasteiger partial charge in [0.05, 0.1) is 59.0 Å². The Morgan fingerprint density at radius 1 is 0.296 bits per heavy atom. The molecular formula is C61H64O10. The maximum Gasteiger partial charge on any atom is 0.187 e. The summed E-state index contributed by atoms with van der Waals surface area (Å²) in [4.78, 5) is 0. The van der Waals surface area contributed by atoms with Crippen LogP contribution in [-0.2, 0) is 93.6 Å². The average Bonchev–Trinajstić information content (AvgIpc) is 3.43. The summed E-state index contributed by atoms with van der Waals surface area (Å²) in [6.45, 7) is 4.19. The second-order valence-corrected chi connectivity index (χ2v) is 18.0. The van der Waals surface area contributed by atoms with Gasteiger partial charge in [-0.05, 0) is 45.9 Å². The van der Waals surface area contributed by atoms with E-state index in [1.54, 1.807) is 0 Å². The van der Waals surface area contributed by atoms with Gasteiger partial charge in [0.2, 0.25) is 0 Å². The van der Waals surface area contributed by atoms with Crippen LogP contribution in [0.15, 0.2) is 212 Å². The molecule has 0 N–H and O–H groups in total. The molecule has 0 bridgehead atoms. The molecule has 7 aromatic rings. The monoisotopic (exact) mass is 956 g/mol. The fourth-order valence-electron chi connectivity index (χ4n) is 8.96. The Kier molecular flexibility index (Phi) is 18.7. The molecule has 0 aromatic heterocycles. The molecule has 7 aromatic carbocycles. The molecule has 2 aliphatic heterocycles. The van der Waals surface area contributed by atoms with E-state index in [2.05, 4.69) is 24.3 Å². The number of rotatable bonds is 24. The molecule has 0 unspecified atom stereocenters. The summed E-state index contributed by atoms with van der Waals surface area (Å²) in [5.74, 6) is 0. The van der Waals surface area contributed by atoms with E-state index >= 15 is 0 Å². The molecule has 2 fully saturated rings. The highest BCUT2D eigenvalue weighted by molar-refractivity contribution is 5.19. The van der Waals surface area contributed by atoms with Crippen LogP contribution in [0.1, 0.15) is 45.9 Å². The van der Waals surface area contributed by atoms with Crippen molar-refractivity contribution in [3.05, 3.63) is 251 Å². The highest BCUT2D eigenvalue weighted by atomic mass is 16.8. The van der Waals surface area contributed by atoms with E-state index in [4.69, 9.17) is 47.4 Å². The van der Waals surface area contributed by atoms with Gasteiger partial charge in [0.1, 0.15) is 42.7 Å². The lowest BCUT2D eigenvalue weighted by molar-refractivity contribution is -0.375. The van der Waals surface area contributed by atoms with Gasteiger partial charge in [-0.1, -0.05) is 212 Å². The zero-order chi connectivity index (χ0) is 48.3. The zero-order valence-corrected chi connectivity index (χ0v) is 40.2. The Labute approximate surface area is 418 Å². The third-order valence-electron chi connectivity index (χ3n) is 12.7. The summed E-state index contributed by atoms with van der Waals surface area (Å²) in [5, 5.41) is 0. The van der Waals surface area contributed by atoms with Crippen LogP contribution in [0.4, 0.5) is 0 Å². The van der Waals surface area contributed by atoms with Crippen LogP contribution < -0.4 is 0 Å². The van der Waals surface area contributed by atoms with Crippen LogP contribution in [0.3, 0.4) is 0 Å². The molecule has 0 radical (unpaired) electrons. The molecule has 2 heterocycles. The first-order valence-electron chi connectivity index (χ1n) is 24.6. The van der Waals surface area contributed by atoms with Gasteiger partial charge in [0.25, 0.3) is 0 Å². The summed E-state index contributed by atoms with van der Waals surface area (Å²) in [5.41, 5.74) is 7.01. The van der Waals surface area contributed by atoms with Crippen LogP contribution in [-0.4, -0.2) is 68.0 Å². The molecule has 2 aliphatic rings. The lowest BCUT2D eigenvalue weighted by Gasteiger charge is -2.50. The molecule has 10 heteroatoms. The van der Waals surface area contributed by atoms with Gasteiger partial charge >= 0.3 is 0 Å². The predicted molar refractivity (Wildman–Crippen MR) is 270 cm³/mol. The van der Waals surface area contributed by atoms with E-state index in [1.807, 2.05) is 195 Å². The maximum absolute atomic E-state index is 7.46. The van der Waals surface area contributed by atoms with Crippen molar-refractivity contribution in [1.29, 1.82) is 0 Å². The fourth-order valence-corrected chi connectivity index (χ4v) is 8.96. The van der Waals surface area contributed by atoms with Gasteiger partial charge in [-0.25, -0.2) is 0 Å². The van der Waals surface area contributed by atoms with Gasteiger partial charge in [-0.2, -0.15) is 0 Å². The summed E-state index contributed by atoms with van der Waals surface area (Å²) >= 11 is 0. The molecule has 10 atom stereocenters. The molecule has 0 spiro atoms. The van der Waals surface area contributed by atoms with E-state index in [0.29, 0.717) is 19.8 Å². The standard InChI is InChI=1S/C61H64O10/c1-45-54(63-38-47-25-11-3-12-26-47)56(64-39-48-27-13-4-14-28-48)59(67-42-51-33-19-7-20-34-51)61(69-45)71-55-53(44-62-37-46-23-9-2-10-24-46)70-60(68-43-52-35-21-8-22-36-52)58(66-41-50-31-17-6-18-32-50)57(55)65-40-49-29-15-5-16-30-49/h2-36,45,53-61H,37-44H2,1H3/t45-,53-,54+,55-,56+,57+,58-,59-,60-,61-/m1/s1. The van der Waals surface area contributed by atoms with Crippen LogP contribution >= 0.6 is 0 Å². The highest BCUT2D eigenvalue weighted by Gasteiger charge is 2.54. The Morgan fingerprint density at radius 2 is 0.592 bits per heavy atom. The summed E-state index contributed by atoms with van der Waals surface area (Å²) in [7, 11) is 0. The molecule has 10 nitrogen and oxygen atoms in total. The minimum atomic E-state index is -1.00. The van der Waals surface area contributed by atoms with Crippen molar-refractivity contribution in [2.75, 3.05) is 6.61 Å². The van der Waals surface area contributed by atoms with E-state index in [-0.39, 0.29) is 33.0 Å². The van der Waals surface area contributed by atoms with Crippen molar-refractivity contribution in [3.63, 3.8) is 0 Å². The third-order valence-corrected chi connectivity index (χ3v) is 12.7. The Hall–Kier alpha value is -5.86. The van der Waals surface area contributed by atoms with Gasteiger partial charge < -0.3 is 47.4 Å². The van der Waals surface area contributed by atoms with Crippen molar-refractivity contribution in [2.45, 2.75) is 115 Å². The number of hydrogen-bond acceptors (Lipinski definition) is 10. The van der Waals surface area contributed by atoms with Gasteiger partial charge in [0.15, 0.2) is 12.6 Å². The normalized spacial score (nSPS) is 24.4. The number of ether oxygens (including phenoxy) is 10. The fraction of sp³-hybridized carbons (Fsp3) is 0.311. The summed E-state index contributed by atoms with van der Waals surface area (Å²) < 4.78 is 69.7. The molecule has 9 rings (SSSR count). The van der Waals surface area contributed by atoms with Crippen molar-refractivity contribution in [2.24, 2.45) is 0 Å². The lowest BCUT2D eigenvalue weighted by atomic mass is 9.96. The van der Waals surface area contributed by atoms with Crippen LogP contribution in [0.5, 0.6) is 0 Å². The minimum absolute atomic E-state index is 0.135. The van der Waals surface area contributed by atoms with Crippen molar-refractivity contribution >= 4 is 0 Å². The third kappa shape index (κ3) is 14.6. The average molecular weight is 957 g/mol. The molecule has 0 amide bonds. The Morgan fingerprint density at radius 3 is 0.972 bits per heavy atom. The molecule has 0 aliphatic carbocycles.